The zero-order valence-corrected chi connectivity index (χ0v) is 11.1. The number of aromatic nitrogens is 1. The van der Waals surface area contributed by atoms with Gasteiger partial charge in [-0.15, -0.1) is 0 Å². The van der Waals surface area contributed by atoms with Gasteiger partial charge in [-0.2, -0.15) is 0 Å². The third-order valence-corrected chi connectivity index (χ3v) is 3.10. The van der Waals surface area contributed by atoms with Crippen LogP contribution in [-0.2, 0) is 0 Å². The molecule has 0 aliphatic carbocycles. The monoisotopic (exact) mass is 279 g/mol. The maximum absolute atomic E-state index is 11.4. The van der Waals surface area contributed by atoms with Crippen LogP contribution in [0.2, 0.25) is 0 Å². The van der Waals surface area contributed by atoms with Crippen molar-refractivity contribution in [1.29, 1.82) is 0 Å². The zero-order chi connectivity index (χ0) is 14.8. The summed E-state index contributed by atoms with van der Waals surface area (Å²) in [6.45, 7) is 0. The number of ether oxygens (including phenoxy) is 1. The van der Waals surface area contributed by atoms with Crippen LogP contribution in [0.25, 0.3) is 10.9 Å². The van der Waals surface area contributed by atoms with Gasteiger partial charge in [-0.3, -0.25) is 9.78 Å². The lowest BCUT2D eigenvalue weighted by atomic mass is 10.1. The molecule has 0 saturated heterocycles. The number of nitrogens with two attached hydrogens (primary N) is 2. The Morgan fingerprint density at radius 1 is 1.05 bits per heavy atom. The molecule has 1 amide bonds. The fourth-order valence-electron chi connectivity index (χ4n) is 2.11. The van der Waals surface area contributed by atoms with Gasteiger partial charge in [-0.25, -0.2) is 0 Å². The van der Waals surface area contributed by atoms with E-state index < -0.39 is 5.91 Å². The van der Waals surface area contributed by atoms with Crippen LogP contribution in [0.4, 0.5) is 5.69 Å². The molecule has 1 aromatic heterocycles. The summed E-state index contributed by atoms with van der Waals surface area (Å²) in [6.07, 6.45) is 1.63. The molecular weight excluding hydrogens is 266 g/mol. The van der Waals surface area contributed by atoms with E-state index >= 15 is 0 Å². The van der Waals surface area contributed by atoms with Crippen molar-refractivity contribution in [1.82, 2.24) is 4.98 Å². The highest BCUT2D eigenvalue weighted by Crippen LogP contribution is 2.31. The van der Waals surface area contributed by atoms with Gasteiger partial charge in [0.05, 0.1) is 11.1 Å². The van der Waals surface area contributed by atoms with Crippen molar-refractivity contribution in [3.8, 4) is 11.5 Å². The normalized spacial score (nSPS) is 10.5. The average Bonchev–Trinajstić information content (AvgIpc) is 2.47. The molecule has 0 aliphatic rings. The van der Waals surface area contributed by atoms with Gasteiger partial charge in [-0.05, 0) is 36.4 Å². The summed E-state index contributed by atoms with van der Waals surface area (Å²) in [6, 6.07) is 13.9. The van der Waals surface area contributed by atoms with Crippen LogP contribution in [0.15, 0.2) is 54.7 Å². The highest BCUT2D eigenvalue weighted by atomic mass is 16.5. The maximum atomic E-state index is 11.4. The number of rotatable bonds is 3. The third kappa shape index (κ3) is 2.49. The van der Waals surface area contributed by atoms with E-state index in [1.165, 1.54) is 0 Å². The lowest BCUT2D eigenvalue weighted by molar-refractivity contribution is 0.0998. The first-order valence-corrected chi connectivity index (χ1v) is 6.36. The molecule has 0 saturated carbocycles. The molecule has 0 spiro atoms. The van der Waals surface area contributed by atoms with E-state index in [9.17, 15) is 4.79 Å². The van der Waals surface area contributed by atoms with Crippen LogP contribution < -0.4 is 16.2 Å². The van der Waals surface area contributed by atoms with E-state index in [0.29, 0.717) is 22.7 Å². The summed E-state index contributed by atoms with van der Waals surface area (Å²) in [5, 5.41) is 0.811. The number of carbonyl (C=O) groups is 1. The lowest BCUT2D eigenvalue weighted by Crippen LogP contribution is -2.12. The van der Waals surface area contributed by atoms with E-state index in [1.54, 1.807) is 48.7 Å². The number of carbonyl (C=O) groups excluding carboxylic acids is 1. The van der Waals surface area contributed by atoms with Gasteiger partial charge < -0.3 is 16.2 Å². The number of fused-ring (bicyclic) bond motifs is 1. The van der Waals surface area contributed by atoms with Crippen LogP contribution in [0.5, 0.6) is 11.5 Å². The number of primary amides is 1. The number of hydrogen-bond acceptors (Lipinski definition) is 4. The minimum absolute atomic E-state index is 0.331. The molecule has 5 heteroatoms. The standard InChI is InChI=1S/C16H13N3O2/c17-10-5-6-11-13(9-10)19-8-7-15(11)21-14-4-2-1-3-12(14)16(18)20/h1-9H,17H2,(H2,18,20). The molecule has 3 aromatic rings. The Labute approximate surface area is 121 Å². The number of hydrogen-bond donors (Lipinski definition) is 2. The minimum atomic E-state index is -0.534. The minimum Gasteiger partial charge on any atom is -0.456 e. The van der Waals surface area contributed by atoms with Gasteiger partial charge in [0.1, 0.15) is 11.5 Å². The Bertz CT molecular complexity index is 831. The molecule has 0 unspecified atom stereocenters. The van der Waals surface area contributed by atoms with E-state index in [1.807, 2.05) is 6.07 Å². The van der Waals surface area contributed by atoms with Crippen LogP contribution in [0.3, 0.4) is 0 Å². The largest absolute Gasteiger partial charge is 0.456 e. The highest BCUT2D eigenvalue weighted by Gasteiger charge is 2.11. The number of nitrogen functional groups attached to an aromatic ring is 1. The van der Waals surface area contributed by atoms with Crippen molar-refractivity contribution < 1.29 is 9.53 Å². The van der Waals surface area contributed by atoms with Crippen LogP contribution in [0.1, 0.15) is 10.4 Å². The first kappa shape index (κ1) is 12.9. The van der Waals surface area contributed by atoms with Crippen molar-refractivity contribution in [2.24, 2.45) is 5.73 Å². The molecule has 5 nitrogen and oxygen atoms in total. The number of pyridine rings is 1. The summed E-state index contributed by atoms with van der Waals surface area (Å²) in [5.41, 5.74) is 12.8. The summed E-state index contributed by atoms with van der Waals surface area (Å²) >= 11 is 0. The molecule has 0 fully saturated rings. The molecular formula is C16H13N3O2. The summed E-state index contributed by atoms with van der Waals surface area (Å²) in [4.78, 5) is 15.7. The van der Waals surface area contributed by atoms with Crippen LogP contribution in [0, 0.1) is 0 Å². The topological polar surface area (TPSA) is 91.2 Å². The number of nitrogens with zero attached hydrogens (tertiary/aromatic N) is 1. The smallest absolute Gasteiger partial charge is 0.252 e. The molecule has 2 aromatic carbocycles. The molecule has 21 heavy (non-hydrogen) atoms. The number of anilines is 1. The second-order valence-corrected chi connectivity index (χ2v) is 4.55. The molecule has 0 atom stereocenters. The summed E-state index contributed by atoms with van der Waals surface area (Å²) in [7, 11) is 0. The van der Waals surface area contributed by atoms with Crippen LogP contribution in [-0.4, -0.2) is 10.9 Å². The quantitative estimate of drug-likeness (QED) is 0.721. The van der Waals surface area contributed by atoms with Crippen molar-refractivity contribution in [3.05, 3.63) is 60.3 Å². The van der Waals surface area contributed by atoms with E-state index in [4.69, 9.17) is 16.2 Å². The van der Waals surface area contributed by atoms with Gasteiger partial charge in [-0.1, -0.05) is 12.1 Å². The summed E-state index contributed by atoms with van der Waals surface area (Å²) in [5.74, 6) is 0.469. The number of para-hydroxylation sites is 1. The van der Waals surface area contributed by atoms with E-state index in [0.717, 1.165) is 10.9 Å². The Kier molecular flexibility index (Phi) is 3.16. The van der Waals surface area contributed by atoms with Gasteiger partial charge in [0.2, 0.25) is 0 Å². The van der Waals surface area contributed by atoms with Gasteiger partial charge in [0.15, 0.2) is 0 Å². The van der Waals surface area contributed by atoms with Gasteiger partial charge in [0.25, 0.3) is 5.91 Å². The Morgan fingerprint density at radius 3 is 2.67 bits per heavy atom. The second kappa shape index (κ2) is 5.13. The van der Waals surface area contributed by atoms with Crippen molar-refractivity contribution in [2.75, 3.05) is 5.73 Å². The summed E-state index contributed by atoms with van der Waals surface area (Å²) < 4.78 is 5.84. The lowest BCUT2D eigenvalue weighted by Gasteiger charge is -2.11. The zero-order valence-electron chi connectivity index (χ0n) is 11.1. The molecule has 3 rings (SSSR count). The van der Waals surface area contributed by atoms with Gasteiger partial charge in [0, 0.05) is 17.3 Å². The second-order valence-electron chi connectivity index (χ2n) is 4.55. The predicted molar refractivity (Wildman–Crippen MR) is 81.2 cm³/mol. The fourth-order valence-corrected chi connectivity index (χ4v) is 2.11. The molecule has 0 aliphatic heterocycles. The van der Waals surface area contributed by atoms with Crippen molar-refractivity contribution >= 4 is 22.5 Å². The van der Waals surface area contributed by atoms with Crippen molar-refractivity contribution in [2.45, 2.75) is 0 Å². The van der Waals surface area contributed by atoms with Gasteiger partial charge >= 0.3 is 0 Å². The number of amides is 1. The predicted octanol–water partition coefficient (Wildman–Crippen LogP) is 2.71. The first-order valence-electron chi connectivity index (χ1n) is 6.36. The highest BCUT2D eigenvalue weighted by molar-refractivity contribution is 5.96. The fraction of sp³-hybridized carbons (Fsp3) is 0. The van der Waals surface area contributed by atoms with Crippen molar-refractivity contribution in [3.63, 3.8) is 0 Å². The maximum Gasteiger partial charge on any atom is 0.252 e. The molecule has 0 radical (unpaired) electrons. The Balaban J connectivity index is 2.09. The van der Waals surface area contributed by atoms with E-state index in [2.05, 4.69) is 4.98 Å². The average molecular weight is 279 g/mol. The molecule has 4 N–H and O–H groups in total. The number of benzene rings is 2. The SMILES string of the molecule is NC(=O)c1ccccc1Oc1ccnc2cc(N)ccc12. The first-order chi connectivity index (χ1) is 10.1. The molecule has 104 valence electrons. The van der Waals surface area contributed by atoms with Crippen LogP contribution >= 0.6 is 0 Å². The Morgan fingerprint density at radius 2 is 1.86 bits per heavy atom. The third-order valence-electron chi connectivity index (χ3n) is 3.10. The Hall–Kier alpha value is -3.08. The molecule has 0 bridgehead atoms. The van der Waals surface area contributed by atoms with E-state index in [-0.39, 0.29) is 0 Å². The molecule has 1 heterocycles.